The monoisotopic (exact) mass is 196 g/mol. The Kier molecular flexibility index (Phi) is 7.24. The van der Waals surface area contributed by atoms with Crippen molar-refractivity contribution in [3.05, 3.63) is 0 Å². The molecule has 0 aromatic rings. The summed E-state index contributed by atoms with van der Waals surface area (Å²) in [6.07, 6.45) is 7.59. The van der Waals surface area contributed by atoms with E-state index in [4.69, 9.17) is 6.42 Å². The van der Waals surface area contributed by atoms with Gasteiger partial charge in [-0.15, -0.1) is 12.3 Å². The SMILES string of the molecule is C#CCCCCNC(=O)CNC(C)=O. The van der Waals surface area contributed by atoms with E-state index in [-0.39, 0.29) is 18.4 Å². The van der Waals surface area contributed by atoms with E-state index in [9.17, 15) is 9.59 Å². The molecule has 0 aromatic carbocycles. The molecule has 0 unspecified atom stereocenters. The van der Waals surface area contributed by atoms with Gasteiger partial charge in [-0.1, -0.05) is 0 Å². The second kappa shape index (κ2) is 8.11. The molecule has 4 nitrogen and oxygen atoms in total. The van der Waals surface area contributed by atoms with Gasteiger partial charge in [0.1, 0.15) is 0 Å². The maximum atomic E-state index is 11.0. The predicted octanol–water partition coefficient (Wildman–Crippen LogP) is 0.0422. The summed E-state index contributed by atoms with van der Waals surface area (Å²) in [5.41, 5.74) is 0. The van der Waals surface area contributed by atoms with E-state index in [1.165, 1.54) is 6.92 Å². The van der Waals surface area contributed by atoms with Gasteiger partial charge in [0.25, 0.3) is 0 Å². The average molecular weight is 196 g/mol. The van der Waals surface area contributed by atoms with E-state index in [2.05, 4.69) is 16.6 Å². The lowest BCUT2D eigenvalue weighted by molar-refractivity contribution is -0.125. The molecule has 2 N–H and O–H groups in total. The number of carbonyl (C=O) groups is 2. The van der Waals surface area contributed by atoms with Gasteiger partial charge in [-0.2, -0.15) is 0 Å². The Morgan fingerprint density at radius 2 is 2.00 bits per heavy atom. The van der Waals surface area contributed by atoms with Gasteiger partial charge in [-0.3, -0.25) is 9.59 Å². The zero-order chi connectivity index (χ0) is 10.8. The Hall–Kier alpha value is -1.50. The zero-order valence-corrected chi connectivity index (χ0v) is 8.43. The van der Waals surface area contributed by atoms with E-state index < -0.39 is 0 Å². The van der Waals surface area contributed by atoms with E-state index >= 15 is 0 Å². The molecule has 0 saturated carbocycles. The highest BCUT2D eigenvalue weighted by Gasteiger charge is 1.99. The van der Waals surface area contributed by atoms with Gasteiger partial charge in [-0.25, -0.2) is 0 Å². The maximum absolute atomic E-state index is 11.0. The molecular formula is C10H16N2O2. The summed E-state index contributed by atoms with van der Waals surface area (Å²) in [6.45, 7) is 2.03. The van der Waals surface area contributed by atoms with Crippen molar-refractivity contribution < 1.29 is 9.59 Å². The molecule has 0 radical (unpaired) electrons. The quantitative estimate of drug-likeness (QED) is 0.465. The van der Waals surface area contributed by atoms with Gasteiger partial charge in [0.2, 0.25) is 11.8 Å². The summed E-state index contributed by atoms with van der Waals surface area (Å²) < 4.78 is 0. The summed E-state index contributed by atoms with van der Waals surface area (Å²) in [5.74, 6) is 2.16. The van der Waals surface area contributed by atoms with Crippen molar-refractivity contribution in [1.29, 1.82) is 0 Å². The van der Waals surface area contributed by atoms with Crippen LogP contribution >= 0.6 is 0 Å². The molecule has 0 rings (SSSR count). The Morgan fingerprint density at radius 1 is 1.29 bits per heavy atom. The number of rotatable bonds is 6. The first kappa shape index (κ1) is 12.5. The van der Waals surface area contributed by atoms with Crippen molar-refractivity contribution in [3.63, 3.8) is 0 Å². The minimum atomic E-state index is -0.201. The summed E-state index contributed by atoms with van der Waals surface area (Å²) in [7, 11) is 0. The molecule has 0 aliphatic rings. The lowest BCUT2D eigenvalue weighted by atomic mass is 10.2. The third-order valence-corrected chi connectivity index (χ3v) is 1.57. The molecule has 0 heterocycles. The number of amides is 2. The Bertz CT molecular complexity index is 231. The second-order valence-corrected chi connectivity index (χ2v) is 2.92. The molecule has 0 bridgehead atoms. The third kappa shape index (κ3) is 8.60. The molecule has 4 heteroatoms. The van der Waals surface area contributed by atoms with Crippen LogP contribution in [0, 0.1) is 12.3 Å². The number of hydrogen-bond acceptors (Lipinski definition) is 2. The van der Waals surface area contributed by atoms with Crippen LogP contribution in [0.2, 0.25) is 0 Å². The van der Waals surface area contributed by atoms with Gasteiger partial charge in [-0.05, 0) is 12.8 Å². The van der Waals surface area contributed by atoms with Crippen LogP contribution in [-0.4, -0.2) is 24.9 Å². The van der Waals surface area contributed by atoms with Gasteiger partial charge in [0.05, 0.1) is 6.54 Å². The highest BCUT2D eigenvalue weighted by atomic mass is 16.2. The van der Waals surface area contributed by atoms with E-state index in [1.54, 1.807) is 0 Å². The van der Waals surface area contributed by atoms with Crippen molar-refractivity contribution in [2.24, 2.45) is 0 Å². The molecule has 2 amide bonds. The molecule has 0 spiro atoms. The van der Waals surface area contributed by atoms with Crippen LogP contribution in [0.15, 0.2) is 0 Å². The molecule has 0 aliphatic carbocycles. The van der Waals surface area contributed by atoms with Crippen molar-refractivity contribution in [1.82, 2.24) is 10.6 Å². The highest BCUT2D eigenvalue weighted by molar-refractivity contribution is 5.83. The zero-order valence-electron chi connectivity index (χ0n) is 8.43. The van der Waals surface area contributed by atoms with Gasteiger partial charge >= 0.3 is 0 Å². The molecular weight excluding hydrogens is 180 g/mol. The first-order valence-corrected chi connectivity index (χ1v) is 4.61. The summed E-state index contributed by atoms with van der Waals surface area (Å²) >= 11 is 0. The second-order valence-electron chi connectivity index (χ2n) is 2.92. The van der Waals surface area contributed by atoms with Crippen LogP contribution in [-0.2, 0) is 9.59 Å². The van der Waals surface area contributed by atoms with Crippen molar-refractivity contribution in [2.75, 3.05) is 13.1 Å². The molecule has 0 atom stereocenters. The summed E-state index contributed by atoms with van der Waals surface area (Å²) in [6, 6.07) is 0. The van der Waals surface area contributed by atoms with Crippen LogP contribution in [0.25, 0.3) is 0 Å². The standard InChI is InChI=1S/C10H16N2O2/c1-3-4-5-6-7-11-10(14)8-12-9(2)13/h1H,4-8H2,2H3,(H,11,14)(H,12,13). The smallest absolute Gasteiger partial charge is 0.239 e. The summed E-state index contributed by atoms with van der Waals surface area (Å²) in [5, 5.41) is 5.09. The maximum Gasteiger partial charge on any atom is 0.239 e. The lowest BCUT2D eigenvalue weighted by Crippen LogP contribution is -2.36. The van der Waals surface area contributed by atoms with Gasteiger partial charge < -0.3 is 10.6 Å². The first-order chi connectivity index (χ1) is 6.66. The predicted molar refractivity (Wildman–Crippen MR) is 54.4 cm³/mol. The topological polar surface area (TPSA) is 58.2 Å². The average Bonchev–Trinajstić information content (AvgIpc) is 2.14. The van der Waals surface area contributed by atoms with Gasteiger partial charge in [0, 0.05) is 19.9 Å². The van der Waals surface area contributed by atoms with Crippen LogP contribution in [0.3, 0.4) is 0 Å². The van der Waals surface area contributed by atoms with E-state index in [1.807, 2.05) is 0 Å². The van der Waals surface area contributed by atoms with E-state index in [0.717, 1.165) is 19.3 Å². The molecule has 0 saturated heterocycles. The van der Waals surface area contributed by atoms with E-state index in [0.29, 0.717) is 6.54 Å². The lowest BCUT2D eigenvalue weighted by Gasteiger charge is -2.04. The fraction of sp³-hybridized carbons (Fsp3) is 0.600. The largest absolute Gasteiger partial charge is 0.355 e. The number of nitrogens with one attached hydrogen (secondary N) is 2. The number of unbranched alkanes of at least 4 members (excludes halogenated alkanes) is 2. The fourth-order valence-corrected chi connectivity index (χ4v) is 0.847. The molecule has 78 valence electrons. The van der Waals surface area contributed by atoms with Crippen LogP contribution in [0.5, 0.6) is 0 Å². The number of carbonyl (C=O) groups excluding carboxylic acids is 2. The molecule has 14 heavy (non-hydrogen) atoms. The Morgan fingerprint density at radius 3 is 2.57 bits per heavy atom. The van der Waals surface area contributed by atoms with Crippen LogP contribution < -0.4 is 10.6 Å². The highest BCUT2D eigenvalue weighted by Crippen LogP contribution is 1.90. The van der Waals surface area contributed by atoms with Gasteiger partial charge in [0.15, 0.2) is 0 Å². The van der Waals surface area contributed by atoms with Crippen molar-refractivity contribution in [2.45, 2.75) is 26.2 Å². The number of hydrogen-bond donors (Lipinski definition) is 2. The Balaban J connectivity index is 3.28. The minimum absolute atomic E-state index is 0.0461. The first-order valence-electron chi connectivity index (χ1n) is 4.61. The molecule has 0 aliphatic heterocycles. The minimum Gasteiger partial charge on any atom is -0.355 e. The normalized spacial score (nSPS) is 8.86. The molecule has 0 fully saturated rings. The third-order valence-electron chi connectivity index (χ3n) is 1.57. The fourth-order valence-electron chi connectivity index (χ4n) is 0.847. The van der Waals surface area contributed by atoms with Crippen molar-refractivity contribution in [3.8, 4) is 12.3 Å². The molecule has 0 aromatic heterocycles. The number of terminal acetylenes is 1. The van der Waals surface area contributed by atoms with Crippen LogP contribution in [0.1, 0.15) is 26.2 Å². The van der Waals surface area contributed by atoms with Crippen molar-refractivity contribution >= 4 is 11.8 Å². The summed E-state index contributed by atoms with van der Waals surface area (Å²) in [4.78, 5) is 21.5. The Labute approximate surface area is 84.4 Å². The van der Waals surface area contributed by atoms with Crippen LogP contribution in [0.4, 0.5) is 0 Å².